The molecule has 0 radical (unpaired) electrons. The van der Waals surface area contributed by atoms with Crippen molar-refractivity contribution in [3.05, 3.63) is 16.4 Å². The van der Waals surface area contributed by atoms with Gasteiger partial charge < -0.3 is 10.0 Å². The number of hydrogen-bond acceptors (Lipinski definition) is 3. The minimum Gasteiger partial charge on any atom is -0.392 e. The monoisotopic (exact) mass is 245 g/mol. The van der Waals surface area contributed by atoms with Gasteiger partial charge in [-0.25, -0.2) is 0 Å². The molecule has 1 aromatic rings. The van der Waals surface area contributed by atoms with E-state index in [4.69, 9.17) is 11.6 Å². The van der Waals surface area contributed by atoms with Gasteiger partial charge >= 0.3 is 0 Å². The quantitative estimate of drug-likeness (QED) is 0.858. The molecule has 1 rings (SSSR count). The zero-order valence-corrected chi connectivity index (χ0v) is 10.6. The fourth-order valence-corrected chi connectivity index (χ4v) is 1.80. The minimum atomic E-state index is -0.565. The van der Waals surface area contributed by atoms with Crippen LogP contribution < -0.4 is 0 Å². The van der Waals surface area contributed by atoms with Crippen LogP contribution in [0.1, 0.15) is 23.0 Å². The first-order valence-electron chi connectivity index (χ1n) is 4.97. The van der Waals surface area contributed by atoms with Crippen molar-refractivity contribution in [3.63, 3.8) is 0 Å². The van der Waals surface area contributed by atoms with E-state index in [2.05, 4.69) is 5.10 Å². The predicted octanol–water partition coefficient (Wildman–Crippen LogP) is 0.835. The van der Waals surface area contributed by atoms with E-state index < -0.39 is 6.10 Å². The van der Waals surface area contributed by atoms with Crippen molar-refractivity contribution in [2.24, 2.45) is 7.05 Å². The number of aliphatic hydroxyl groups is 1. The molecule has 0 spiro atoms. The Labute approximate surface area is 99.6 Å². The average Bonchev–Trinajstić information content (AvgIpc) is 2.39. The molecule has 0 aliphatic heterocycles. The molecular weight excluding hydrogens is 230 g/mol. The van der Waals surface area contributed by atoms with Crippen LogP contribution in [-0.4, -0.2) is 45.4 Å². The summed E-state index contributed by atoms with van der Waals surface area (Å²) in [6.07, 6.45) is -0.565. The fourth-order valence-electron chi connectivity index (χ4n) is 1.54. The summed E-state index contributed by atoms with van der Waals surface area (Å²) in [6.45, 7) is 3.63. The van der Waals surface area contributed by atoms with Crippen molar-refractivity contribution in [2.45, 2.75) is 20.0 Å². The van der Waals surface area contributed by atoms with Crippen LogP contribution in [0.5, 0.6) is 0 Å². The Bertz CT molecular complexity index is 401. The summed E-state index contributed by atoms with van der Waals surface area (Å²) in [6, 6.07) is 0. The lowest BCUT2D eigenvalue weighted by Crippen LogP contribution is -2.33. The molecule has 1 N–H and O–H groups in total. The minimum absolute atomic E-state index is 0.225. The Morgan fingerprint density at radius 2 is 2.25 bits per heavy atom. The number of amides is 1. The summed E-state index contributed by atoms with van der Waals surface area (Å²) in [4.78, 5) is 13.4. The van der Waals surface area contributed by atoms with Gasteiger partial charge in [-0.3, -0.25) is 9.48 Å². The molecule has 1 heterocycles. The highest BCUT2D eigenvalue weighted by molar-refractivity contribution is 6.33. The maximum atomic E-state index is 12.0. The molecule has 0 aromatic carbocycles. The largest absolute Gasteiger partial charge is 0.392 e. The first-order valence-corrected chi connectivity index (χ1v) is 5.35. The zero-order valence-electron chi connectivity index (χ0n) is 9.86. The maximum absolute atomic E-state index is 12.0. The van der Waals surface area contributed by atoms with Crippen molar-refractivity contribution >= 4 is 17.5 Å². The average molecular weight is 246 g/mol. The van der Waals surface area contributed by atoms with Crippen molar-refractivity contribution in [1.29, 1.82) is 0 Å². The normalized spacial score (nSPS) is 12.6. The SMILES string of the molecule is Cc1nn(C)c(Cl)c1C(=O)N(C)CC(C)O. The molecule has 1 atom stereocenters. The van der Waals surface area contributed by atoms with Crippen LogP contribution in [0.4, 0.5) is 0 Å². The van der Waals surface area contributed by atoms with Gasteiger partial charge in [0.25, 0.3) is 5.91 Å². The van der Waals surface area contributed by atoms with Crippen LogP contribution in [0.15, 0.2) is 0 Å². The van der Waals surface area contributed by atoms with Crippen LogP contribution >= 0.6 is 11.6 Å². The highest BCUT2D eigenvalue weighted by atomic mass is 35.5. The standard InChI is InChI=1S/C10H16ClN3O2/c1-6(15)5-13(3)10(16)8-7(2)12-14(4)9(8)11/h6,15H,5H2,1-4H3. The Balaban J connectivity index is 2.96. The van der Waals surface area contributed by atoms with Crippen LogP contribution in [0, 0.1) is 6.92 Å². The summed E-state index contributed by atoms with van der Waals surface area (Å²) >= 11 is 5.98. The van der Waals surface area contributed by atoms with E-state index in [1.54, 1.807) is 27.9 Å². The summed E-state index contributed by atoms with van der Waals surface area (Å²) in [5.41, 5.74) is 0.988. The van der Waals surface area contributed by atoms with Gasteiger partial charge in [0.2, 0.25) is 0 Å². The molecule has 0 aliphatic carbocycles. The molecule has 90 valence electrons. The molecule has 0 aliphatic rings. The highest BCUT2D eigenvalue weighted by Gasteiger charge is 2.22. The van der Waals surface area contributed by atoms with Crippen molar-refractivity contribution in [1.82, 2.24) is 14.7 Å². The molecule has 5 nitrogen and oxygen atoms in total. The van der Waals surface area contributed by atoms with Crippen LogP contribution in [0.2, 0.25) is 5.15 Å². The van der Waals surface area contributed by atoms with Crippen LogP contribution in [0.3, 0.4) is 0 Å². The first-order chi connectivity index (χ1) is 7.34. The van der Waals surface area contributed by atoms with Crippen molar-refractivity contribution in [2.75, 3.05) is 13.6 Å². The Morgan fingerprint density at radius 3 is 2.62 bits per heavy atom. The van der Waals surface area contributed by atoms with Gasteiger partial charge in [0, 0.05) is 20.6 Å². The molecular formula is C10H16ClN3O2. The summed E-state index contributed by atoms with van der Waals surface area (Å²) < 4.78 is 1.46. The van der Waals surface area contributed by atoms with Crippen molar-refractivity contribution in [3.8, 4) is 0 Å². The molecule has 6 heteroatoms. The van der Waals surface area contributed by atoms with Crippen LogP contribution in [0.25, 0.3) is 0 Å². The van der Waals surface area contributed by atoms with Gasteiger partial charge in [-0.1, -0.05) is 11.6 Å². The number of carbonyl (C=O) groups is 1. The van der Waals surface area contributed by atoms with Gasteiger partial charge in [0.1, 0.15) is 5.15 Å². The number of likely N-dealkylation sites (N-methyl/N-ethyl adjacent to an activating group) is 1. The maximum Gasteiger partial charge on any atom is 0.258 e. The Hall–Kier alpha value is -1.07. The summed E-state index contributed by atoms with van der Waals surface area (Å²) in [5.74, 6) is -0.225. The van der Waals surface area contributed by atoms with E-state index in [1.165, 1.54) is 9.58 Å². The van der Waals surface area contributed by atoms with E-state index in [0.717, 1.165) is 0 Å². The second-order valence-corrected chi connectivity index (χ2v) is 4.27. The van der Waals surface area contributed by atoms with E-state index in [9.17, 15) is 9.90 Å². The lowest BCUT2D eigenvalue weighted by atomic mass is 10.2. The van der Waals surface area contributed by atoms with E-state index in [-0.39, 0.29) is 12.5 Å². The number of aromatic nitrogens is 2. The number of aryl methyl sites for hydroxylation is 2. The second-order valence-electron chi connectivity index (χ2n) is 3.91. The topological polar surface area (TPSA) is 58.4 Å². The molecule has 1 unspecified atom stereocenters. The van der Waals surface area contributed by atoms with Gasteiger partial charge in [0.05, 0.1) is 17.4 Å². The Kier molecular flexibility index (Phi) is 3.93. The molecule has 1 amide bonds. The van der Waals surface area contributed by atoms with Gasteiger partial charge in [-0.2, -0.15) is 5.10 Å². The van der Waals surface area contributed by atoms with Crippen LogP contribution in [-0.2, 0) is 7.05 Å². The summed E-state index contributed by atoms with van der Waals surface area (Å²) in [5, 5.41) is 13.6. The van der Waals surface area contributed by atoms with E-state index in [1.807, 2.05) is 0 Å². The Morgan fingerprint density at radius 1 is 1.69 bits per heavy atom. The molecule has 0 saturated heterocycles. The smallest absolute Gasteiger partial charge is 0.258 e. The highest BCUT2D eigenvalue weighted by Crippen LogP contribution is 2.20. The summed E-state index contributed by atoms with van der Waals surface area (Å²) in [7, 11) is 3.30. The van der Waals surface area contributed by atoms with Crippen molar-refractivity contribution < 1.29 is 9.90 Å². The van der Waals surface area contributed by atoms with Gasteiger partial charge in [-0.15, -0.1) is 0 Å². The third kappa shape index (κ3) is 2.54. The second kappa shape index (κ2) is 4.84. The molecule has 16 heavy (non-hydrogen) atoms. The molecule has 0 fully saturated rings. The molecule has 0 bridgehead atoms. The number of nitrogens with zero attached hydrogens (tertiary/aromatic N) is 3. The molecule has 1 aromatic heterocycles. The van der Waals surface area contributed by atoms with E-state index >= 15 is 0 Å². The lowest BCUT2D eigenvalue weighted by molar-refractivity contribution is 0.0703. The number of hydrogen-bond donors (Lipinski definition) is 1. The lowest BCUT2D eigenvalue weighted by Gasteiger charge is -2.18. The van der Waals surface area contributed by atoms with Gasteiger partial charge in [-0.05, 0) is 13.8 Å². The first kappa shape index (κ1) is 13.0. The van der Waals surface area contributed by atoms with E-state index in [0.29, 0.717) is 16.4 Å². The number of halogens is 1. The fraction of sp³-hybridized carbons (Fsp3) is 0.600. The third-order valence-corrected chi connectivity index (χ3v) is 2.68. The molecule has 0 saturated carbocycles. The zero-order chi connectivity index (χ0) is 12.5. The third-order valence-electron chi connectivity index (χ3n) is 2.25. The van der Waals surface area contributed by atoms with Gasteiger partial charge in [0.15, 0.2) is 0 Å². The number of rotatable bonds is 3. The predicted molar refractivity (Wildman–Crippen MR) is 61.6 cm³/mol. The number of aliphatic hydroxyl groups excluding tert-OH is 1. The number of carbonyl (C=O) groups excluding carboxylic acids is 1.